The first-order valence-corrected chi connectivity index (χ1v) is 17.5. The summed E-state index contributed by atoms with van der Waals surface area (Å²) in [7, 11) is -9.63. The molecule has 1 aromatic heterocycles. The maximum atomic E-state index is 12.0. The monoisotopic (exact) mass is 732 g/mol. The summed E-state index contributed by atoms with van der Waals surface area (Å²) >= 11 is 1.48. The summed E-state index contributed by atoms with van der Waals surface area (Å²) in [6.45, 7) is 0. The Morgan fingerprint density at radius 1 is 0.604 bits per heavy atom. The van der Waals surface area contributed by atoms with Crippen molar-refractivity contribution in [2.45, 2.75) is 19.6 Å². The zero-order valence-corrected chi connectivity index (χ0v) is 26.9. The van der Waals surface area contributed by atoms with Crippen LogP contribution in [0.5, 0.6) is 0 Å². The Morgan fingerprint density at radius 2 is 1.17 bits per heavy atom. The quantitative estimate of drug-likeness (QED) is 0.0329. The lowest BCUT2D eigenvalue weighted by Crippen LogP contribution is -2.05. The topological polar surface area (TPSA) is 236 Å². The number of anilines is 4. The molecule has 1 heterocycles. The second-order valence-electron chi connectivity index (χ2n) is 9.81. The minimum absolute atomic E-state index is 0.0290. The highest BCUT2D eigenvalue weighted by molar-refractivity contribution is 7.95. The van der Waals surface area contributed by atoms with Crippen LogP contribution in [0.2, 0.25) is 0 Å². The van der Waals surface area contributed by atoms with E-state index in [-0.39, 0.29) is 10.8 Å². The van der Waals surface area contributed by atoms with Crippen LogP contribution >= 0.6 is 24.1 Å². The van der Waals surface area contributed by atoms with E-state index < -0.39 is 30.0 Å². The molecule has 6 aromatic rings. The van der Waals surface area contributed by atoms with Crippen molar-refractivity contribution in [3.63, 3.8) is 0 Å². The highest BCUT2D eigenvalue weighted by Gasteiger charge is 2.21. The van der Waals surface area contributed by atoms with Gasteiger partial charge in [0.25, 0.3) is 20.2 Å². The lowest BCUT2D eigenvalue weighted by Gasteiger charge is -2.14. The Hall–Kier alpha value is -4.16. The van der Waals surface area contributed by atoms with Gasteiger partial charge in [0.1, 0.15) is 4.90 Å². The van der Waals surface area contributed by atoms with Gasteiger partial charge in [-0.3, -0.25) is 9.11 Å². The minimum atomic E-state index is -4.83. The first-order chi connectivity index (χ1) is 22.9. The van der Waals surface area contributed by atoms with E-state index >= 15 is 0 Å². The third-order valence-electron chi connectivity index (χ3n) is 6.88. The lowest BCUT2D eigenvalue weighted by molar-refractivity contribution is -0.432. The average molecular weight is 733 g/mol. The van der Waals surface area contributed by atoms with Gasteiger partial charge in [0.05, 0.1) is 29.0 Å². The van der Waals surface area contributed by atoms with Crippen LogP contribution in [-0.2, 0) is 39.0 Å². The van der Waals surface area contributed by atoms with Crippen molar-refractivity contribution in [2.75, 3.05) is 10.6 Å². The molecular weight excluding hydrogens is 713 g/mol. The van der Waals surface area contributed by atoms with Crippen molar-refractivity contribution in [1.29, 1.82) is 0 Å². The summed E-state index contributed by atoms with van der Waals surface area (Å²) in [6, 6.07) is 22.1. The van der Waals surface area contributed by atoms with Crippen LogP contribution in [0.1, 0.15) is 0 Å². The molecule has 20 heteroatoms. The van der Waals surface area contributed by atoms with E-state index in [0.29, 0.717) is 55.0 Å². The second kappa shape index (κ2) is 13.8. The van der Waals surface area contributed by atoms with E-state index in [1.54, 1.807) is 36.4 Å². The fourth-order valence-corrected chi connectivity index (χ4v) is 7.36. The Morgan fingerprint density at radius 3 is 1.73 bits per heavy atom. The molecule has 6 N–H and O–H groups in total. The Balaban J connectivity index is 1.35. The third kappa shape index (κ3) is 7.29. The first-order valence-electron chi connectivity index (χ1n) is 13.1. The SMILES string of the molecule is O=S(=O)(O)c1cc(S(=O)(=O)O)c2ccc(Nc3nnc(Nc4ccc5c(SOOO)cc(SOOO)cc5c4)c4ccccc34)cc2c1. The largest absolute Gasteiger partial charge is 0.338 e. The summed E-state index contributed by atoms with van der Waals surface area (Å²) in [6.07, 6.45) is 0. The number of aromatic nitrogens is 2. The molecule has 0 saturated carbocycles. The van der Waals surface area contributed by atoms with Gasteiger partial charge in [-0.15, -0.1) is 18.9 Å². The standard InChI is InChI=1S/C28H20N4O12S4/c33-41-43-45-19-11-15-9-17(5-7-21(15)25(13-19)46-44-42-34)29-27-23-3-1-2-4-24(23)28(32-31-27)30-18-6-8-22-16(10-18)12-20(47(35,36)37)14-26(22)48(38,39)40/h1-14,33-34H,(H,29,31)(H,30,32)(H,35,36,37)(H,38,39,40). The summed E-state index contributed by atoms with van der Waals surface area (Å²) in [5.74, 6) is 0.717. The molecule has 0 aliphatic carbocycles. The van der Waals surface area contributed by atoms with E-state index in [2.05, 4.69) is 39.6 Å². The van der Waals surface area contributed by atoms with E-state index in [0.717, 1.165) is 35.5 Å². The van der Waals surface area contributed by atoms with Crippen LogP contribution in [0.4, 0.5) is 23.0 Å². The molecule has 0 radical (unpaired) electrons. The fraction of sp³-hybridized carbons (Fsp3) is 0. The number of nitrogens with one attached hydrogen (secondary N) is 2. The van der Waals surface area contributed by atoms with Gasteiger partial charge in [-0.25, -0.2) is 10.5 Å². The molecule has 6 rings (SSSR count). The molecule has 0 atom stereocenters. The predicted molar refractivity (Wildman–Crippen MR) is 175 cm³/mol. The number of rotatable bonds is 12. The molecule has 0 aliphatic heterocycles. The number of hydrogen-bond acceptors (Lipinski definition) is 16. The molecule has 0 saturated heterocycles. The van der Waals surface area contributed by atoms with Crippen molar-refractivity contribution in [3.8, 4) is 0 Å². The predicted octanol–water partition coefficient (Wildman–Crippen LogP) is 6.77. The normalized spacial score (nSPS) is 12.2. The van der Waals surface area contributed by atoms with Gasteiger partial charge in [-0.2, -0.15) is 16.8 Å². The van der Waals surface area contributed by atoms with Crippen molar-refractivity contribution in [2.24, 2.45) is 0 Å². The summed E-state index contributed by atoms with van der Waals surface area (Å²) in [5, 5.41) is 42.5. The molecule has 48 heavy (non-hydrogen) atoms. The van der Waals surface area contributed by atoms with Crippen LogP contribution in [0.25, 0.3) is 32.3 Å². The maximum Gasteiger partial charge on any atom is 0.295 e. The summed E-state index contributed by atoms with van der Waals surface area (Å²) in [4.78, 5) is -0.317. The molecule has 0 aliphatic rings. The first kappa shape index (κ1) is 33.7. The van der Waals surface area contributed by atoms with Gasteiger partial charge < -0.3 is 10.6 Å². The van der Waals surface area contributed by atoms with Gasteiger partial charge in [0.2, 0.25) is 0 Å². The van der Waals surface area contributed by atoms with Gasteiger partial charge in [0, 0.05) is 37.3 Å². The van der Waals surface area contributed by atoms with E-state index in [1.807, 2.05) is 18.2 Å². The highest BCUT2D eigenvalue weighted by Crippen LogP contribution is 2.37. The van der Waals surface area contributed by atoms with Gasteiger partial charge in [0.15, 0.2) is 11.6 Å². The van der Waals surface area contributed by atoms with Crippen molar-refractivity contribution in [1.82, 2.24) is 10.2 Å². The Labute approximate surface area is 279 Å². The van der Waals surface area contributed by atoms with E-state index in [1.165, 1.54) is 18.2 Å². The molecule has 0 fully saturated rings. The second-order valence-corrected chi connectivity index (χ2v) is 14.1. The number of hydrogen-bond donors (Lipinski definition) is 6. The fourth-order valence-electron chi connectivity index (χ4n) is 4.92. The zero-order valence-electron chi connectivity index (χ0n) is 23.7. The van der Waals surface area contributed by atoms with Gasteiger partial charge in [-0.1, -0.05) is 46.5 Å². The zero-order chi connectivity index (χ0) is 34.1. The minimum Gasteiger partial charge on any atom is -0.338 e. The molecular formula is C28H20N4O12S4. The van der Waals surface area contributed by atoms with Gasteiger partial charge in [-0.05, 0) is 64.7 Å². The maximum absolute atomic E-state index is 12.0. The van der Waals surface area contributed by atoms with Crippen molar-refractivity contribution < 1.29 is 55.2 Å². The van der Waals surface area contributed by atoms with E-state index in [9.17, 15) is 25.9 Å². The lowest BCUT2D eigenvalue weighted by atomic mass is 10.1. The molecule has 0 unspecified atom stereocenters. The Kier molecular flexibility index (Phi) is 9.67. The highest BCUT2D eigenvalue weighted by atomic mass is 32.2. The third-order valence-corrected chi connectivity index (χ3v) is 9.81. The number of fused-ring (bicyclic) bond motifs is 3. The van der Waals surface area contributed by atoms with Crippen LogP contribution in [0.3, 0.4) is 0 Å². The summed E-state index contributed by atoms with van der Waals surface area (Å²) in [5.41, 5.74) is 0.998. The van der Waals surface area contributed by atoms with Crippen LogP contribution in [-0.4, -0.2) is 46.7 Å². The summed E-state index contributed by atoms with van der Waals surface area (Å²) < 4.78 is 76.0. The molecule has 5 aromatic carbocycles. The number of nitrogens with zero attached hydrogens (tertiary/aromatic N) is 2. The molecule has 248 valence electrons. The van der Waals surface area contributed by atoms with Crippen LogP contribution < -0.4 is 10.6 Å². The molecule has 0 spiro atoms. The molecule has 0 bridgehead atoms. The van der Waals surface area contributed by atoms with Crippen LogP contribution in [0.15, 0.2) is 105 Å². The van der Waals surface area contributed by atoms with Crippen molar-refractivity contribution in [3.05, 3.63) is 84.9 Å². The van der Waals surface area contributed by atoms with Gasteiger partial charge >= 0.3 is 0 Å². The number of benzene rings is 5. The van der Waals surface area contributed by atoms with Crippen LogP contribution in [0, 0.1) is 0 Å². The van der Waals surface area contributed by atoms with Crippen molar-refractivity contribution >= 4 is 99.6 Å². The smallest absolute Gasteiger partial charge is 0.295 e. The average Bonchev–Trinajstić information content (AvgIpc) is 3.05. The molecule has 16 nitrogen and oxygen atoms in total. The van der Waals surface area contributed by atoms with E-state index in [4.69, 9.17) is 10.5 Å². The molecule has 0 amide bonds. The Bertz CT molecular complexity index is 2410.